The summed E-state index contributed by atoms with van der Waals surface area (Å²) in [6.45, 7) is 6.37. The van der Waals surface area contributed by atoms with Gasteiger partial charge >= 0.3 is 5.97 Å². The van der Waals surface area contributed by atoms with Gasteiger partial charge in [0.05, 0.1) is 12.7 Å². The van der Waals surface area contributed by atoms with E-state index in [0.29, 0.717) is 23.0 Å². The van der Waals surface area contributed by atoms with Gasteiger partial charge in [-0.1, -0.05) is 31.6 Å². The average molecular weight is 260 g/mol. The lowest BCUT2D eigenvalue weighted by atomic mass is 10.1. The fourth-order valence-electron chi connectivity index (χ4n) is 1.28. The van der Waals surface area contributed by atoms with Crippen LogP contribution in [-0.2, 0) is 4.74 Å². The van der Waals surface area contributed by atoms with Crippen molar-refractivity contribution in [1.29, 1.82) is 0 Å². The molecule has 4 heteroatoms. The molecule has 0 aromatic heterocycles. The van der Waals surface area contributed by atoms with Crippen LogP contribution < -0.4 is 0 Å². The maximum absolute atomic E-state index is 11.6. The molecule has 0 aliphatic heterocycles. The molecule has 0 radical (unpaired) electrons. The highest BCUT2D eigenvalue weighted by atomic mass is 28.3. The maximum Gasteiger partial charge on any atom is 0.339 e. The molecule has 0 aliphatic rings. The Labute approximate surface area is 108 Å². The van der Waals surface area contributed by atoms with E-state index in [0.717, 1.165) is 0 Å². The number of hydrogen-bond acceptors (Lipinski definition) is 3. The van der Waals surface area contributed by atoms with Gasteiger partial charge in [0, 0.05) is 11.1 Å². The minimum absolute atomic E-state index is 0.341. The van der Waals surface area contributed by atoms with Gasteiger partial charge in [0.1, 0.15) is 14.4 Å². The smallest absolute Gasteiger partial charge is 0.339 e. The Hall–Kier alpha value is -1.86. The molecule has 0 spiro atoms. The summed E-state index contributed by atoms with van der Waals surface area (Å²) >= 11 is 0. The molecule has 0 amide bonds. The molecule has 0 heterocycles. The van der Waals surface area contributed by atoms with E-state index in [4.69, 9.17) is 4.74 Å². The van der Waals surface area contributed by atoms with Crippen LogP contribution in [0.25, 0.3) is 0 Å². The molecule has 0 saturated carbocycles. The minimum Gasteiger partial charge on any atom is -0.465 e. The van der Waals surface area contributed by atoms with Crippen LogP contribution in [0.4, 0.5) is 0 Å². The van der Waals surface area contributed by atoms with E-state index in [-0.39, 0.29) is 0 Å². The molecule has 1 aromatic rings. The normalized spacial score (nSPS) is 10.2. The molecule has 1 aromatic carbocycles. The van der Waals surface area contributed by atoms with Gasteiger partial charge in [-0.2, -0.15) is 0 Å². The Bertz CT molecular complexity index is 530. The van der Waals surface area contributed by atoms with Crippen molar-refractivity contribution in [3.63, 3.8) is 0 Å². The number of ether oxygens (including phenoxy) is 1. The Balaban J connectivity index is 3.29. The van der Waals surface area contributed by atoms with Crippen LogP contribution >= 0.6 is 0 Å². The number of carbonyl (C=O) groups excluding carboxylic acids is 2. The zero-order valence-electron chi connectivity index (χ0n) is 11.0. The first-order valence-electron chi connectivity index (χ1n) is 5.58. The second-order valence-corrected chi connectivity index (χ2v) is 9.66. The third-order valence-electron chi connectivity index (χ3n) is 2.16. The first-order valence-corrected chi connectivity index (χ1v) is 9.08. The zero-order valence-corrected chi connectivity index (χ0v) is 12.0. The van der Waals surface area contributed by atoms with E-state index < -0.39 is 14.0 Å². The Kier molecular flexibility index (Phi) is 4.46. The van der Waals surface area contributed by atoms with Crippen LogP contribution in [0.3, 0.4) is 0 Å². The monoisotopic (exact) mass is 260 g/mol. The van der Waals surface area contributed by atoms with Gasteiger partial charge in [0.15, 0.2) is 0 Å². The van der Waals surface area contributed by atoms with Gasteiger partial charge < -0.3 is 4.74 Å². The third kappa shape index (κ3) is 3.86. The quantitative estimate of drug-likeness (QED) is 0.355. The lowest BCUT2D eigenvalue weighted by Gasteiger charge is -2.06. The van der Waals surface area contributed by atoms with E-state index >= 15 is 0 Å². The van der Waals surface area contributed by atoms with Crippen molar-refractivity contribution >= 4 is 20.3 Å². The number of methoxy groups -OCH3 is 1. The number of aldehydes is 1. The summed E-state index contributed by atoms with van der Waals surface area (Å²) in [6, 6.07) is 4.84. The van der Waals surface area contributed by atoms with Crippen molar-refractivity contribution in [3.8, 4) is 11.5 Å². The number of rotatable bonds is 2. The largest absolute Gasteiger partial charge is 0.465 e. The van der Waals surface area contributed by atoms with Crippen molar-refractivity contribution < 1.29 is 14.3 Å². The van der Waals surface area contributed by atoms with Crippen LogP contribution in [-0.4, -0.2) is 27.4 Å². The van der Waals surface area contributed by atoms with Gasteiger partial charge in [-0.15, -0.1) is 5.54 Å². The molecule has 0 bridgehead atoms. The second kappa shape index (κ2) is 5.65. The molecule has 0 atom stereocenters. The molecule has 18 heavy (non-hydrogen) atoms. The van der Waals surface area contributed by atoms with E-state index in [1.807, 2.05) is 0 Å². The van der Waals surface area contributed by atoms with Crippen LogP contribution in [0.15, 0.2) is 18.2 Å². The number of hydrogen-bond donors (Lipinski definition) is 0. The Morgan fingerprint density at radius 2 is 2.00 bits per heavy atom. The van der Waals surface area contributed by atoms with Gasteiger partial charge in [0.25, 0.3) is 0 Å². The summed E-state index contributed by atoms with van der Waals surface area (Å²) in [4.78, 5) is 22.3. The van der Waals surface area contributed by atoms with Crippen molar-refractivity contribution in [2.45, 2.75) is 19.6 Å². The predicted molar refractivity (Wildman–Crippen MR) is 73.4 cm³/mol. The van der Waals surface area contributed by atoms with Crippen LogP contribution in [0.1, 0.15) is 26.3 Å². The average Bonchev–Trinajstić information content (AvgIpc) is 2.34. The minimum atomic E-state index is -1.51. The van der Waals surface area contributed by atoms with E-state index in [9.17, 15) is 9.59 Å². The molecule has 3 nitrogen and oxygen atoms in total. The third-order valence-corrected chi connectivity index (χ3v) is 3.03. The van der Waals surface area contributed by atoms with Crippen molar-refractivity contribution in [2.24, 2.45) is 0 Å². The molecule has 94 valence electrons. The summed E-state index contributed by atoms with van der Waals surface area (Å²) in [5.41, 5.74) is 4.57. The number of benzene rings is 1. The number of carbonyl (C=O) groups is 2. The lowest BCUT2D eigenvalue weighted by molar-refractivity contribution is 0.0600. The van der Waals surface area contributed by atoms with Crippen molar-refractivity contribution in [1.82, 2.24) is 0 Å². The first kappa shape index (κ1) is 14.2. The highest BCUT2D eigenvalue weighted by Gasteiger charge is 2.13. The SMILES string of the molecule is COC(=O)c1cc(C=O)ccc1C#C[Si](C)(C)C. The molecule has 0 N–H and O–H groups in total. The topological polar surface area (TPSA) is 43.4 Å². The second-order valence-electron chi connectivity index (χ2n) is 4.91. The van der Waals surface area contributed by atoms with Crippen LogP contribution in [0, 0.1) is 11.5 Å². The van der Waals surface area contributed by atoms with E-state index in [1.54, 1.807) is 12.1 Å². The molecule has 0 unspecified atom stereocenters. The highest BCUT2D eigenvalue weighted by molar-refractivity contribution is 6.83. The lowest BCUT2D eigenvalue weighted by Crippen LogP contribution is -2.16. The summed E-state index contributed by atoms with van der Waals surface area (Å²) < 4.78 is 4.70. The zero-order chi connectivity index (χ0) is 13.8. The van der Waals surface area contributed by atoms with Gasteiger partial charge in [-0.05, 0) is 12.1 Å². The number of esters is 1. The van der Waals surface area contributed by atoms with Gasteiger partial charge in [-0.3, -0.25) is 4.79 Å². The predicted octanol–water partition coefficient (Wildman–Crippen LogP) is 2.51. The summed E-state index contributed by atoms with van der Waals surface area (Å²) in [6.07, 6.45) is 0.697. The summed E-state index contributed by atoms with van der Waals surface area (Å²) in [5.74, 6) is 2.54. The van der Waals surface area contributed by atoms with E-state index in [1.165, 1.54) is 13.2 Å². The highest BCUT2D eigenvalue weighted by Crippen LogP contribution is 2.12. The van der Waals surface area contributed by atoms with Crippen molar-refractivity contribution in [2.75, 3.05) is 7.11 Å². The van der Waals surface area contributed by atoms with E-state index in [2.05, 4.69) is 31.1 Å². The van der Waals surface area contributed by atoms with Gasteiger partial charge in [-0.25, -0.2) is 4.79 Å². The van der Waals surface area contributed by atoms with Gasteiger partial charge in [0.2, 0.25) is 0 Å². The molecule has 0 saturated heterocycles. The van der Waals surface area contributed by atoms with Crippen LogP contribution in [0.2, 0.25) is 19.6 Å². The Morgan fingerprint density at radius 3 is 2.50 bits per heavy atom. The van der Waals surface area contributed by atoms with Crippen molar-refractivity contribution in [3.05, 3.63) is 34.9 Å². The Morgan fingerprint density at radius 1 is 1.33 bits per heavy atom. The molecule has 0 fully saturated rings. The fourth-order valence-corrected chi connectivity index (χ4v) is 1.79. The standard InChI is InChI=1S/C14H16O3Si/c1-17-14(16)13-9-11(10-15)5-6-12(13)7-8-18(2,3)4/h5-6,9-10H,1-4H3. The molecular formula is C14H16O3Si. The molecular weight excluding hydrogens is 244 g/mol. The maximum atomic E-state index is 11.6. The summed E-state index contributed by atoms with van der Waals surface area (Å²) in [5, 5.41) is 0. The molecule has 1 rings (SSSR count). The first-order chi connectivity index (χ1) is 8.37. The summed E-state index contributed by atoms with van der Waals surface area (Å²) in [7, 11) is -0.201. The molecule has 0 aliphatic carbocycles. The van der Waals surface area contributed by atoms with Crippen LogP contribution in [0.5, 0.6) is 0 Å². The fraction of sp³-hybridized carbons (Fsp3) is 0.286.